The van der Waals surface area contributed by atoms with Crippen molar-refractivity contribution in [3.63, 3.8) is 0 Å². The molecule has 66 valence electrons. The smallest absolute Gasteiger partial charge is 0.359 e. The second kappa shape index (κ2) is 2.93. The second-order valence-corrected chi connectivity index (χ2v) is 3.61. The average molecular weight is 212 g/mol. The van der Waals surface area contributed by atoms with Crippen molar-refractivity contribution in [1.29, 1.82) is 0 Å². The minimum absolute atomic E-state index is 0.0962. The van der Waals surface area contributed by atoms with E-state index in [4.69, 9.17) is 12.2 Å². The molecule has 0 unspecified atom stereocenters. The van der Waals surface area contributed by atoms with Crippen LogP contribution in [0.25, 0.3) is 10.1 Å². The molecule has 0 saturated heterocycles. The van der Waals surface area contributed by atoms with E-state index in [1.54, 1.807) is 12.1 Å². The molecular formula is C8H4O3S2. The summed E-state index contributed by atoms with van der Waals surface area (Å²) >= 11 is 5.89. The van der Waals surface area contributed by atoms with Crippen molar-refractivity contribution >= 4 is 33.9 Å². The van der Waals surface area contributed by atoms with Crippen molar-refractivity contribution in [3.8, 4) is 5.75 Å². The Hall–Kier alpha value is -1.20. The van der Waals surface area contributed by atoms with Gasteiger partial charge in [-0.15, -0.1) is 0 Å². The highest BCUT2D eigenvalue weighted by Gasteiger charge is 2.07. The fraction of sp³-hybridized carbons (Fsp3) is 0. The summed E-state index contributed by atoms with van der Waals surface area (Å²) in [5.74, 6) is -0.0962. The maximum atomic E-state index is 11.1. The normalized spacial score (nSPS) is 10.5. The Labute approximate surface area is 82.1 Å². The summed E-state index contributed by atoms with van der Waals surface area (Å²) in [6.07, 6.45) is 0. The molecule has 1 aromatic carbocycles. The maximum Gasteiger partial charge on any atom is 0.359 e. The summed E-state index contributed by atoms with van der Waals surface area (Å²) in [5.41, 5.74) is -0.542. The molecule has 2 aromatic rings. The van der Waals surface area contributed by atoms with Crippen molar-refractivity contribution in [2.45, 2.75) is 0 Å². The number of rotatable bonds is 0. The molecule has 1 N–H and O–H groups in total. The standard InChI is InChI=1S/C8H4O3S2/c9-4-2-1-3-5(12)7-6(4)8(10)11-13-7/h1-3,9H. The summed E-state index contributed by atoms with van der Waals surface area (Å²) in [7, 11) is 0. The number of hydrogen-bond acceptors (Lipinski definition) is 5. The predicted molar refractivity (Wildman–Crippen MR) is 52.9 cm³/mol. The van der Waals surface area contributed by atoms with Crippen molar-refractivity contribution < 1.29 is 8.96 Å². The number of aromatic hydroxyl groups is 1. The van der Waals surface area contributed by atoms with E-state index in [2.05, 4.69) is 3.85 Å². The van der Waals surface area contributed by atoms with Gasteiger partial charge < -0.3 is 8.96 Å². The lowest BCUT2D eigenvalue weighted by Gasteiger charge is -1.81. The van der Waals surface area contributed by atoms with Crippen LogP contribution < -0.4 is 5.63 Å². The third kappa shape index (κ3) is 1.26. The van der Waals surface area contributed by atoms with Gasteiger partial charge in [0.05, 0.1) is 9.21 Å². The van der Waals surface area contributed by atoms with Crippen LogP contribution in [0, 0.1) is 4.51 Å². The monoisotopic (exact) mass is 212 g/mol. The number of hydrogen-bond donors (Lipinski definition) is 1. The molecule has 13 heavy (non-hydrogen) atoms. The summed E-state index contributed by atoms with van der Waals surface area (Å²) in [6.45, 7) is 0. The van der Waals surface area contributed by atoms with E-state index in [0.717, 1.165) is 11.6 Å². The molecule has 0 spiro atoms. The van der Waals surface area contributed by atoms with Gasteiger partial charge in [0.25, 0.3) is 0 Å². The largest absolute Gasteiger partial charge is 0.507 e. The number of fused-ring (bicyclic) bond motifs is 1. The summed E-state index contributed by atoms with van der Waals surface area (Å²) < 4.78 is 5.70. The highest BCUT2D eigenvalue weighted by molar-refractivity contribution is 7.72. The van der Waals surface area contributed by atoms with Crippen LogP contribution in [0.4, 0.5) is 0 Å². The summed E-state index contributed by atoms with van der Waals surface area (Å²) in [4.78, 5) is 11.1. The molecular weight excluding hydrogens is 208 g/mol. The molecule has 0 amide bonds. The van der Waals surface area contributed by atoms with Gasteiger partial charge in [-0.1, -0.05) is 18.3 Å². The van der Waals surface area contributed by atoms with Gasteiger partial charge in [0.1, 0.15) is 11.1 Å². The Morgan fingerprint density at radius 2 is 2.23 bits per heavy atom. The molecule has 0 fully saturated rings. The lowest BCUT2D eigenvalue weighted by molar-refractivity contribution is 0.480. The molecule has 2 rings (SSSR count). The van der Waals surface area contributed by atoms with Gasteiger partial charge in [0.2, 0.25) is 0 Å². The van der Waals surface area contributed by atoms with Crippen LogP contribution in [0.5, 0.6) is 5.75 Å². The third-order valence-electron chi connectivity index (χ3n) is 1.61. The predicted octanol–water partition coefficient (Wildman–Crippen LogP) is 2.29. The zero-order chi connectivity index (χ0) is 9.42. The molecule has 0 atom stereocenters. The van der Waals surface area contributed by atoms with E-state index in [9.17, 15) is 9.90 Å². The molecule has 0 aliphatic carbocycles. The quantitative estimate of drug-likeness (QED) is 0.681. The Balaban J connectivity index is 3.22. The van der Waals surface area contributed by atoms with E-state index in [1.807, 2.05) is 0 Å². The SMILES string of the molecule is O=c1osc2c(=S)cccc(O)c12. The van der Waals surface area contributed by atoms with Gasteiger partial charge in [-0.3, -0.25) is 0 Å². The Bertz CT molecular complexity index is 567. The first kappa shape index (κ1) is 8.40. The molecule has 0 aliphatic heterocycles. The van der Waals surface area contributed by atoms with Crippen LogP contribution in [0.3, 0.4) is 0 Å². The Morgan fingerprint density at radius 1 is 1.46 bits per heavy atom. The average Bonchev–Trinajstić information content (AvgIpc) is 2.40. The van der Waals surface area contributed by atoms with Crippen molar-refractivity contribution in [3.05, 3.63) is 33.1 Å². The first-order chi connectivity index (χ1) is 6.20. The highest BCUT2D eigenvalue weighted by Crippen LogP contribution is 2.24. The Kier molecular flexibility index (Phi) is 1.90. The van der Waals surface area contributed by atoms with Crippen LogP contribution in [-0.4, -0.2) is 5.11 Å². The first-order valence-corrected chi connectivity index (χ1v) is 4.60. The maximum absolute atomic E-state index is 11.1. The molecule has 3 nitrogen and oxygen atoms in total. The van der Waals surface area contributed by atoms with Gasteiger partial charge in [0, 0.05) is 11.6 Å². The van der Waals surface area contributed by atoms with Crippen molar-refractivity contribution in [1.82, 2.24) is 0 Å². The Morgan fingerprint density at radius 3 is 3.00 bits per heavy atom. The zero-order valence-corrected chi connectivity index (χ0v) is 7.95. The minimum Gasteiger partial charge on any atom is -0.507 e. The van der Waals surface area contributed by atoms with Crippen LogP contribution in [-0.2, 0) is 0 Å². The second-order valence-electron chi connectivity index (χ2n) is 2.43. The molecule has 0 bridgehead atoms. The fourth-order valence-electron chi connectivity index (χ4n) is 1.03. The topological polar surface area (TPSA) is 50.4 Å². The lowest BCUT2D eigenvalue weighted by Crippen LogP contribution is -1.89. The van der Waals surface area contributed by atoms with Crippen LogP contribution in [0.2, 0.25) is 0 Å². The third-order valence-corrected chi connectivity index (χ3v) is 2.91. The van der Waals surface area contributed by atoms with E-state index in [0.29, 0.717) is 9.21 Å². The van der Waals surface area contributed by atoms with Crippen LogP contribution in [0.1, 0.15) is 0 Å². The van der Waals surface area contributed by atoms with Gasteiger partial charge in [-0.2, -0.15) is 0 Å². The van der Waals surface area contributed by atoms with Crippen LogP contribution >= 0.6 is 23.9 Å². The zero-order valence-electron chi connectivity index (χ0n) is 6.31. The van der Waals surface area contributed by atoms with E-state index in [-0.39, 0.29) is 11.1 Å². The lowest BCUT2D eigenvalue weighted by atomic mass is 10.3. The van der Waals surface area contributed by atoms with E-state index in [1.165, 1.54) is 6.07 Å². The van der Waals surface area contributed by atoms with Gasteiger partial charge >= 0.3 is 5.63 Å². The summed E-state index contributed by atoms with van der Waals surface area (Å²) in [6, 6.07) is 4.66. The summed E-state index contributed by atoms with van der Waals surface area (Å²) in [5, 5.41) is 9.59. The van der Waals surface area contributed by atoms with Crippen molar-refractivity contribution in [2.24, 2.45) is 0 Å². The van der Waals surface area contributed by atoms with Crippen LogP contribution in [0.15, 0.2) is 26.8 Å². The van der Waals surface area contributed by atoms with Gasteiger partial charge in [-0.25, -0.2) is 4.79 Å². The highest BCUT2D eigenvalue weighted by atomic mass is 32.1. The molecule has 5 heteroatoms. The molecule has 0 radical (unpaired) electrons. The molecule has 1 aromatic heterocycles. The van der Waals surface area contributed by atoms with Crippen molar-refractivity contribution in [2.75, 3.05) is 0 Å². The van der Waals surface area contributed by atoms with E-state index < -0.39 is 5.63 Å². The fourth-order valence-corrected chi connectivity index (χ4v) is 1.97. The molecule has 0 aliphatic rings. The van der Waals surface area contributed by atoms with Gasteiger partial charge in [-0.05, 0) is 12.1 Å². The molecule has 0 saturated carbocycles. The van der Waals surface area contributed by atoms with Gasteiger partial charge in [0.15, 0.2) is 0 Å². The minimum atomic E-state index is -0.542. The molecule has 1 heterocycles. The first-order valence-electron chi connectivity index (χ1n) is 3.45. The van der Waals surface area contributed by atoms with E-state index >= 15 is 0 Å².